The predicted molar refractivity (Wildman–Crippen MR) is 126 cm³/mol. The number of methoxy groups -OCH3 is 1. The average molecular weight is 436 g/mol. The molecule has 32 heavy (non-hydrogen) atoms. The second-order valence-corrected chi connectivity index (χ2v) is 8.19. The fourth-order valence-electron chi connectivity index (χ4n) is 3.78. The number of rotatable bonds is 9. The van der Waals surface area contributed by atoms with E-state index in [2.05, 4.69) is 17.2 Å². The van der Waals surface area contributed by atoms with Gasteiger partial charge in [0.05, 0.1) is 31.7 Å². The molecule has 0 bridgehead atoms. The van der Waals surface area contributed by atoms with Crippen molar-refractivity contribution in [2.75, 3.05) is 13.7 Å². The summed E-state index contributed by atoms with van der Waals surface area (Å²) in [6, 6.07) is 15.6. The summed E-state index contributed by atoms with van der Waals surface area (Å²) >= 11 is 0. The lowest BCUT2D eigenvalue weighted by atomic mass is 9.98. The number of benzene rings is 2. The number of hydrogen-bond donors (Lipinski definition) is 2. The Hall–Kier alpha value is -2.97. The van der Waals surface area contributed by atoms with Crippen molar-refractivity contribution in [1.82, 2.24) is 5.32 Å². The smallest absolute Gasteiger partial charge is 0.222 e. The van der Waals surface area contributed by atoms with Gasteiger partial charge in [0, 0.05) is 12.1 Å². The van der Waals surface area contributed by atoms with E-state index in [1.165, 1.54) is 12.8 Å². The minimum Gasteiger partial charge on any atom is -0.493 e. The van der Waals surface area contributed by atoms with E-state index in [-0.39, 0.29) is 24.3 Å². The van der Waals surface area contributed by atoms with E-state index >= 15 is 0 Å². The molecule has 0 aromatic heterocycles. The maximum Gasteiger partial charge on any atom is 0.222 e. The van der Waals surface area contributed by atoms with Gasteiger partial charge in [0.25, 0.3) is 0 Å². The van der Waals surface area contributed by atoms with Crippen molar-refractivity contribution in [3.8, 4) is 23.3 Å². The lowest BCUT2D eigenvalue weighted by molar-refractivity contribution is -0.123. The number of carbonyl (C=O) groups is 1. The van der Waals surface area contributed by atoms with Crippen LogP contribution in [0.25, 0.3) is 0 Å². The summed E-state index contributed by atoms with van der Waals surface area (Å²) in [4.78, 5) is 12.3. The zero-order valence-corrected chi connectivity index (χ0v) is 19.0. The highest BCUT2D eigenvalue weighted by Crippen LogP contribution is 2.34. The molecule has 1 aliphatic carbocycles. The molecule has 3 rings (SSSR count). The molecule has 0 aliphatic heterocycles. The standard InChI is InChI=1S/C27H33NO4/c1-3-23(29)18-27(30)28-19-22(14-13-20-9-5-4-6-10-20)21-15-16-25(31-2)26(17-21)32-24-11-7-8-12-24/h4-6,9-10,15-17,22-24,29H,3,7-8,11-12,18-19H2,1-2H3,(H,28,30). The van der Waals surface area contributed by atoms with Crippen LogP contribution >= 0.6 is 0 Å². The summed E-state index contributed by atoms with van der Waals surface area (Å²) < 4.78 is 11.8. The van der Waals surface area contributed by atoms with Crippen LogP contribution in [0.3, 0.4) is 0 Å². The normalized spacial score (nSPS) is 15.3. The molecule has 0 saturated heterocycles. The summed E-state index contributed by atoms with van der Waals surface area (Å²) in [6.45, 7) is 2.21. The van der Waals surface area contributed by atoms with Crippen LogP contribution in [0.1, 0.15) is 62.5 Å². The number of hydrogen-bond acceptors (Lipinski definition) is 4. The monoisotopic (exact) mass is 435 g/mol. The second kappa shape index (κ2) is 12.2. The van der Waals surface area contributed by atoms with Crippen LogP contribution in [0, 0.1) is 11.8 Å². The van der Waals surface area contributed by atoms with Gasteiger partial charge in [0.1, 0.15) is 0 Å². The van der Waals surface area contributed by atoms with Gasteiger partial charge in [0.2, 0.25) is 5.91 Å². The fourth-order valence-corrected chi connectivity index (χ4v) is 3.78. The SMILES string of the molecule is CCC(O)CC(=O)NCC(C#Cc1ccccc1)c1ccc(OC)c(OC2CCCC2)c1. The first-order chi connectivity index (χ1) is 15.6. The average Bonchev–Trinajstić information content (AvgIpc) is 3.33. The van der Waals surface area contributed by atoms with E-state index in [4.69, 9.17) is 9.47 Å². The van der Waals surface area contributed by atoms with Gasteiger partial charge < -0.3 is 19.9 Å². The number of ether oxygens (including phenoxy) is 2. The highest BCUT2D eigenvalue weighted by Gasteiger charge is 2.20. The van der Waals surface area contributed by atoms with Crippen LogP contribution in [0.5, 0.6) is 11.5 Å². The second-order valence-electron chi connectivity index (χ2n) is 8.19. The van der Waals surface area contributed by atoms with Crippen LogP contribution in [0.15, 0.2) is 48.5 Å². The molecule has 1 saturated carbocycles. The Morgan fingerprint density at radius 3 is 2.59 bits per heavy atom. The van der Waals surface area contributed by atoms with Gasteiger partial charge in [-0.3, -0.25) is 4.79 Å². The molecule has 2 aromatic carbocycles. The molecule has 0 radical (unpaired) electrons. The Morgan fingerprint density at radius 2 is 1.91 bits per heavy atom. The molecule has 5 nitrogen and oxygen atoms in total. The number of aliphatic hydroxyl groups excluding tert-OH is 1. The quantitative estimate of drug-likeness (QED) is 0.572. The molecule has 1 fully saturated rings. The van der Waals surface area contributed by atoms with Crippen LogP contribution < -0.4 is 14.8 Å². The van der Waals surface area contributed by atoms with E-state index in [0.29, 0.717) is 18.7 Å². The maximum atomic E-state index is 12.3. The van der Waals surface area contributed by atoms with Crippen LogP contribution in [-0.4, -0.2) is 36.9 Å². The van der Waals surface area contributed by atoms with E-state index < -0.39 is 6.10 Å². The Balaban J connectivity index is 1.82. The highest BCUT2D eigenvalue weighted by atomic mass is 16.5. The lowest BCUT2D eigenvalue weighted by Gasteiger charge is -2.19. The summed E-state index contributed by atoms with van der Waals surface area (Å²) in [7, 11) is 1.64. The molecular weight excluding hydrogens is 402 g/mol. The first kappa shape index (κ1) is 23.7. The van der Waals surface area contributed by atoms with Crippen LogP contribution in [-0.2, 0) is 4.79 Å². The molecular formula is C27H33NO4. The van der Waals surface area contributed by atoms with Gasteiger partial charge in [-0.25, -0.2) is 0 Å². The van der Waals surface area contributed by atoms with Gasteiger partial charge in [-0.05, 0) is 61.9 Å². The summed E-state index contributed by atoms with van der Waals surface area (Å²) in [5.74, 6) is 7.54. The molecule has 0 heterocycles. The zero-order valence-electron chi connectivity index (χ0n) is 19.0. The third-order valence-electron chi connectivity index (χ3n) is 5.75. The Morgan fingerprint density at radius 1 is 1.16 bits per heavy atom. The van der Waals surface area contributed by atoms with E-state index in [1.807, 2.05) is 55.5 Å². The molecule has 2 unspecified atom stereocenters. The Bertz CT molecular complexity index is 926. The number of carbonyl (C=O) groups excluding carboxylic acids is 1. The maximum absolute atomic E-state index is 12.3. The van der Waals surface area contributed by atoms with Crippen molar-refractivity contribution in [3.05, 3.63) is 59.7 Å². The third-order valence-corrected chi connectivity index (χ3v) is 5.75. The van der Waals surface area contributed by atoms with Crippen molar-refractivity contribution < 1.29 is 19.4 Å². The summed E-state index contributed by atoms with van der Waals surface area (Å²) in [6.07, 6.45) is 4.71. The fraction of sp³-hybridized carbons (Fsp3) is 0.444. The molecule has 1 aliphatic rings. The Labute approximate surface area is 191 Å². The lowest BCUT2D eigenvalue weighted by Crippen LogP contribution is -2.30. The predicted octanol–water partition coefficient (Wildman–Crippen LogP) is 4.43. The third kappa shape index (κ3) is 7.03. The van der Waals surface area contributed by atoms with Crippen molar-refractivity contribution in [2.45, 2.75) is 63.6 Å². The Kier molecular flexibility index (Phi) is 9.01. The number of aliphatic hydroxyl groups is 1. The minimum absolute atomic E-state index is 0.0913. The van der Waals surface area contributed by atoms with Gasteiger partial charge >= 0.3 is 0 Å². The molecule has 2 N–H and O–H groups in total. The largest absolute Gasteiger partial charge is 0.493 e. The van der Waals surface area contributed by atoms with E-state index in [1.54, 1.807) is 7.11 Å². The highest BCUT2D eigenvalue weighted by molar-refractivity contribution is 5.76. The topological polar surface area (TPSA) is 67.8 Å². The number of amides is 1. The molecule has 1 amide bonds. The molecule has 5 heteroatoms. The van der Waals surface area contributed by atoms with Gasteiger partial charge in [0.15, 0.2) is 11.5 Å². The minimum atomic E-state index is -0.628. The van der Waals surface area contributed by atoms with Crippen molar-refractivity contribution in [3.63, 3.8) is 0 Å². The first-order valence-corrected chi connectivity index (χ1v) is 11.4. The summed E-state index contributed by atoms with van der Waals surface area (Å²) in [5, 5.41) is 12.7. The van der Waals surface area contributed by atoms with Crippen molar-refractivity contribution >= 4 is 5.91 Å². The summed E-state index contributed by atoms with van der Waals surface area (Å²) in [5.41, 5.74) is 1.87. The van der Waals surface area contributed by atoms with Crippen molar-refractivity contribution in [1.29, 1.82) is 0 Å². The van der Waals surface area contributed by atoms with Gasteiger partial charge in [-0.15, -0.1) is 0 Å². The van der Waals surface area contributed by atoms with Crippen LogP contribution in [0.2, 0.25) is 0 Å². The number of nitrogens with one attached hydrogen (secondary N) is 1. The van der Waals surface area contributed by atoms with E-state index in [0.717, 1.165) is 29.7 Å². The molecule has 2 atom stereocenters. The molecule has 2 aromatic rings. The van der Waals surface area contributed by atoms with Gasteiger partial charge in [-0.1, -0.05) is 43.0 Å². The van der Waals surface area contributed by atoms with Gasteiger partial charge in [-0.2, -0.15) is 0 Å². The van der Waals surface area contributed by atoms with Crippen molar-refractivity contribution in [2.24, 2.45) is 0 Å². The molecule has 170 valence electrons. The molecule has 0 spiro atoms. The van der Waals surface area contributed by atoms with Crippen LogP contribution in [0.4, 0.5) is 0 Å². The zero-order chi connectivity index (χ0) is 22.8. The first-order valence-electron chi connectivity index (χ1n) is 11.4. The van der Waals surface area contributed by atoms with E-state index in [9.17, 15) is 9.90 Å².